The van der Waals surface area contributed by atoms with Crippen LogP contribution in [0.1, 0.15) is 16.7 Å². The van der Waals surface area contributed by atoms with Gasteiger partial charge >= 0.3 is 0 Å². The number of anilines is 1. The molecule has 0 saturated heterocycles. The van der Waals surface area contributed by atoms with Gasteiger partial charge in [-0.05, 0) is 77.0 Å². The van der Waals surface area contributed by atoms with E-state index in [2.05, 4.69) is 27.9 Å². The number of carbonyl (C=O) groups is 2. The Morgan fingerprint density at radius 3 is 2.05 bits per heavy atom. The van der Waals surface area contributed by atoms with Crippen LogP contribution in [0.4, 0.5) is 5.69 Å². The molecule has 0 radical (unpaired) electrons. The first-order valence-electron chi connectivity index (χ1n) is 13.1. The Kier molecular flexibility index (Phi) is 10.2. The highest BCUT2D eigenvalue weighted by Gasteiger charge is 2.34. The lowest BCUT2D eigenvalue weighted by atomic mass is 10.0. The van der Waals surface area contributed by atoms with Crippen molar-refractivity contribution in [3.63, 3.8) is 0 Å². The van der Waals surface area contributed by atoms with Crippen molar-refractivity contribution >= 4 is 50.1 Å². The smallest absolute Gasteiger partial charge is 0.264 e. The molecular formula is C32H32IN3O4S. The molecule has 4 aromatic rings. The van der Waals surface area contributed by atoms with Crippen molar-refractivity contribution in [1.29, 1.82) is 0 Å². The Labute approximate surface area is 255 Å². The van der Waals surface area contributed by atoms with Gasteiger partial charge in [0.1, 0.15) is 12.6 Å². The quantitative estimate of drug-likeness (QED) is 0.221. The number of rotatable bonds is 11. The normalized spacial score (nSPS) is 11.9. The Hall–Kier alpha value is -3.70. The zero-order valence-corrected chi connectivity index (χ0v) is 25.9. The second-order valence-electron chi connectivity index (χ2n) is 9.63. The molecule has 41 heavy (non-hydrogen) atoms. The Morgan fingerprint density at radius 2 is 1.44 bits per heavy atom. The molecular weight excluding hydrogens is 649 g/mol. The van der Waals surface area contributed by atoms with Gasteiger partial charge in [0.05, 0.1) is 10.6 Å². The molecule has 9 heteroatoms. The highest BCUT2D eigenvalue weighted by atomic mass is 127. The van der Waals surface area contributed by atoms with E-state index >= 15 is 0 Å². The van der Waals surface area contributed by atoms with Crippen LogP contribution < -0.4 is 9.62 Å². The van der Waals surface area contributed by atoms with E-state index in [9.17, 15) is 18.0 Å². The molecule has 0 saturated carbocycles. The molecule has 1 unspecified atom stereocenters. The van der Waals surface area contributed by atoms with E-state index in [1.165, 1.54) is 24.1 Å². The van der Waals surface area contributed by atoms with E-state index in [0.29, 0.717) is 5.69 Å². The topological polar surface area (TPSA) is 86.8 Å². The molecule has 0 aromatic heterocycles. The third-order valence-electron chi connectivity index (χ3n) is 6.68. The molecule has 1 atom stereocenters. The summed E-state index contributed by atoms with van der Waals surface area (Å²) in [5.41, 5.74) is 3.10. The van der Waals surface area contributed by atoms with Gasteiger partial charge in [0.25, 0.3) is 10.0 Å². The van der Waals surface area contributed by atoms with Gasteiger partial charge in [-0.3, -0.25) is 13.9 Å². The highest BCUT2D eigenvalue weighted by molar-refractivity contribution is 14.1. The van der Waals surface area contributed by atoms with Crippen LogP contribution >= 0.6 is 22.6 Å². The molecule has 7 nitrogen and oxygen atoms in total. The van der Waals surface area contributed by atoms with Crippen molar-refractivity contribution in [3.05, 3.63) is 129 Å². The first-order valence-corrected chi connectivity index (χ1v) is 15.6. The summed E-state index contributed by atoms with van der Waals surface area (Å²) in [6.45, 7) is 1.62. The van der Waals surface area contributed by atoms with Crippen LogP contribution in [0, 0.1) is 10.5 Å². The summed E-state index contributed by atoms with van der Waals surface area (Å²) in [4.78, 5) is 29.1. The Balaban J connectivity index is 1.78. The Morgan fingerprint density at radius 1 is 0.829 bits per heavy atom. The minimum absolute atomic E-state index is 0.0729. The molecule has 0 bridgehead atoms. The van der Waals surface area contributed by atoms with Gasteiger partial charge in [-0.25, -0.2) is 8.42 Å². The molecule has 4 aromatic carbocycles. The van der Waals surface area contributed by atoms with Crippen molar-refractivity contribution in [3.8, 4) is 0 Å². The molecule has 212 valence electrons. The molecule has 0 aliphatic heterocycles. The van der Waals surface area contributed by atoms with E-state index < -0.39 is 28.5 Å². The number of hydrogen-bond acceptors (Lipinski definition) is 4. The van der Waals surface area contributed by atoms with E-state index in [4.69, 9.17) is 0 Å². The number of aryl methyl sites for hydroxylation is 1. The molecule has 0 heterocycles. The molecule has 0 spiro atoms. The summed E-state index contributed by atoms with van der Waals surface area (Å²) in [7, 11) is -2.57. The second-order valence-corrected chi connectivity index (χ2v) is 12.7. The zero-order chi connectivity index (χ0) is 29.4. The van der Waals surface area contributed by atoms with Crippen LogP contribution in [0.3, 0.4) is 0 Å². The number of halogens is 1. The number of carbonyl (C=O) groups excluding carboxylic acids is 2. The van der Waals surface area contributed by atoms with Gasteiger partial charge in [0, 0.05) is 23.6 Å². The number of likely N-dealkylation sites (N-methyl/N-ethyl adjacent to an activating group) is 1. The lowest BCUT2D eigenvalue weighted by Crippen LogP contribution is -2.53. The predicted octanol–water partition coefficient (Wildman–Crippen LogP) is 5.18. The van der Waals surface area contributed by atoms with Gasteiger partial charge in [0.15, 0.2) is 0 Å². The number of nitrogens with zero attached hydrogens (tertiary/aromatic N) is 2. The lowest BCUT2D eigenvalue weighted by Gasteiger charge is -2.33. The lowest BCUT2D eigenvalue weighted by molar-refractivity contribution is -0.139. The summed E-state index contributed by atoms with van der Waals surface area (Å²) < 4.78 is 29.9. The van der Waals surface area contributed by atoms with Crippen molar-refractivity contribution in [2.45, 2.75) is 30.8 Å². The summed E-state index contributed by atoms with van der Waals surface area (Å²) in [5.74, 6) is -0.823. The van der Waals surface area contributed by atoms with E-state index in [0.717, 1.165) is 24.6 Å². The van der Waals surface area contributed by atoms with Crippen molar-refractivity contribution in [1.82, 2.24) is 10.2 Å². The summed E-state index contributed by atoms with van der Waals surface area (Å²) >= 11 is 2.15. The minimum atomic E-state index is -4.10. The van der Waals surface area contributed by atoms with Gasteiger partial charge in [-0.1, -0.05) is 78.4 Å². The van der Waals surface area contributed by atoms with E-state index in [1.807, 2.05) is 61.5 Å². The van der Waals surface area contributed by atoms with Crippen molar-refractivity contribution in [2.75, 3.05) is 17.9 Å². The molecule has 2 amide bonds. The molecule has 0 aliphatic carbocycles. The van der Waals surface area contributed by atoms with Gasteiger partial charge in [-0.2, -0.15) is 0 Å². The maximum atomic E-state index is 14.3. The number of hydrogen-bond donors (Lipinski definition) is 1. The second kappa shape index (κ2) is 13.8. The average Bonchev–Trinajstić information content (AvgIpc) is 2.98. The van der Waals surface area contributed by atoms with Crippen LogP contribution in [0.5, 0.6) is 0 Å². The highest BCUT2D eigenvalue weighted by Crippen LogP contribution is 2.26. The fraction of sp³-hybridized carbons (Fsp3) is 0.188. The van der Waals surface area contributed by atoms with Crippen LogP contribution in [-0.2, 0) is 32.6 Å². The summed E-state index contributed by atoms with van der Waals surface area (Å²) in [6.07, 6.45) is 0.271. The maximum absolute atomic E-state index is 14.3. The molecule has 1 N–H and O–H groups in total. The van der Waals surface area contributed by atoms with Crippen LogP contribution in [-0.4, -0.2) is 44.8 Å². The predicted molar refractivity (Wildman–Crippen MR) is 170 cm³/mol. The van der Waals surface area contributed by atoms with Gasteiger partial charge < -0.3 is 10.2 Å². The fourth-order valence-corrected chi connectivity index (χ4v) is 6.38. The monoisotopic (exact) mass is 681 g/mol. The third-order valence-corrected chi connectivity index (χ3v) is 9.18. The first-order chi connectivity index (χ1) is 19.7. The van der Waals surface area contributed by atoms with Gasteiger partial charge in [-0.15, -0.1) is 0 Å². The average molecular weight is 682 g/mol. The van der Waals surface area contributed by atoms with E-state index in [1.54, 1.807) is 42.5 Å². The van der Waals surface area contributed by atoms with Crippen molar-refractivity contribution < 1.29 is 18.0 Å². The third kappa shape index (κ3) is 7.74. The number of nitrogens with one attached hydrogen (secondary N) is 1. The molecule has 0 aliphatic rings. The number of amides is 2. The Bertz CT molecular complexity index is 1580. The molecule has 4 rings (SSSR count). The summed E-state index contributed by atoms with van der Waals surface area (Å²) in [6, 6.07) is 31.3. The van der Waals surface area contributed by atoms with E-state index in [-0.39, 0.29) is 23.8 Å². The molecule has 0 fully saturated rings. The zero-order valence-electron chi connectivity index (χ0n) is 22.9. The fourth-order valence-electron chi connectivity index (χ4n) is 4.58. The van der Waals surface area contributed by atoms with Gasteiger partial charge in [0.2, 0.25) is 11.8 Å². The van der Waals surface area contributed by atoms with Crippen LogP contribution in [0.15, 0.2) is 114 Å². The summed E-state index contributed by atoms with van der Waals surface area (Å²) in [5, 5.41) is 2.70. The maximum Gasteiger partial charge on any atom is 0.264 e. The minimum Gasteiger partial charge on any atom is -0.357 e. The first kappa shape index (κ1) is 30.3. The van der Waals surface area contributed by atoms with Crippen LogP contribution in [0.25, 0.3) is 0 Å². The standard InChI is InChI=1S/C32H32IN3O4S/c1-24-10-9-13-26(20-24)22-35(30(32(38)34-2)21-25-11-5-3-6-12-25)31(37)23-36(28-18-16-27(33)17-19-28)41(39,40)29-14-7-4-8-15-29/h3-20,30H,21-23H2,1-2H3,(H,34,38). The largest absolute Gasteiger partial charge is 0.357 e. The number of benzene rings is 4. The number of sulfonamides is 1. The van der Waals surface area contributed by atoms with Crippen molar-refractivity contribution in [2.24, 2.45) is 0 Å². The SMILES string of the molecule is CNC(=O)C(Cc1ccccc1)N(Cc1cccc(C)c1)C(=O)CN(c1ccc(I)cc1)S(=O)(=O)c1ccccc1. The van der Waals surface area contributed by atoms with Crippen LogP contribution in [0.2, 0.25) is 0 Å².